The average Bonchev–Trinajstić information content (AvgIpc) is 2.43. The van der Waals surface area contributed by atoms with E-state index in [1.807, 2.05) is 18.7 Å². The molecule has 1 rings (SSSR count). The highest BCUT2D eigenvalue weighted by Crippen LogP contribution is 2.12. The van der Waals surface area contributed by atoms with Gasteiger partial charge >= 0.3 is 6.01 Å². The number of ether oxygens (including phenoxy) is 1. The third kappa shape index (κ3) is 7.75. The van der Waals surface area contributed by atoms with Gasteiger partial charge in [-0.25, -0.2) is 0 Å². The van der Waals surface area contributed by atoms with Gasteiger partial charge in [0.05, 0.1) is 6.61 Å². The number of nitrogens with zero attached hydrogens (tertiary/aromatic N) is 3. The number of nitrogens with one attached hydrogen (secondary N) is 1. The lowest BCUT2D eigenvalue weighted by Gasteiger charge is -2.07. The molecule has 1 aromatic heterocycles. The molecule has 1 N–H and O–H groups in total. The van der Waals surface area contributed by atoms with E-state index in [4.69, 9.17) is 16.3 Å². The standard InChI is InChI=1S/C13H23ClN4OS/c1-3-9-19-13-17-11(14)16-12(18-13)15-8-6-4-5-7-10-20-2/h3-10H2,1-2H3,(H,15,16,17,18). The third-order valence-corrected chi connectivity index (χ3v) is 3.45. The molecule has 0 spiro atoms. The average molecular weight is 319 g/mol. The smallest absolute Gasteiger partial charge is 0.322 e. The fourth-order valence-electron chi connectivity index (χ4n) is 1.59. The van der Waals surface area contributed by atoms with Gasteiger partial charge in [0.1, 0.15) is 0 Å². The van der Waals surface area contributed by atoms with E-state index in [0.717, 1.165) is 19.4 Å². The molecule has 0 aliphatic carbocycles. The zero-order valence-corrected chi connectivity index (χ0v) is 13.8. The summed E-state index contributed by atoms with van der Waals surface area (Å²) in [6.45, 7) is 3.45. The van der Waals surface area contributed by atoms with Crippen LogP contribution >= 0.6 is 23.4 Å². The van der Waals surface area contributed by atoms with Gasteiger partial charge in [0.15, 0.2) is 0 Å². The lowest BCUT2D eigenvalue weighted by atomic mass is 10.2. The number of hydrogen-bond acceptors (Lipinski definition) is 6. The van der Waals surface area contributed by atoms with E-state index in [2.05, 4.69) is 26.5 Å². The monoisotopic (exact) mass is 318 g/mol. The van der Waals surface area contributed by atoms with Crippen molar-refractivity contribution in [3.8, 4) is 6.01 Å². The van der Waals surface area contributed by atoms with Crippen LogP contribution in [0.2, 0.25) is 5.28 Å². The number of thioether (sulfide) groups is 1. The summed E-state index contributed by atoms with van der Waals surface area (Å²) in [5.41, 5.74) is 0. The molecule has 5 nitrogen and oxygen atoms in total. The first-order chi connectivity index (χ1) is 9.76. The lowest BCUT2D eigenvalue weighted by Crippen LogP contribution is -2.08. The molecule has 0 saturated carbocycles. The predicted molar refractivity (Wildman–Crippen MR) is 86.0 cm³/mol. The second-order valence-electron chi connectivity index (χ2n) is 4.39. The van der Waals surface area contributed by atoms with Gasteiger partial charge < -0.3 is 10.1 Å². The predicted octanol–water partition coefficient (Wildman–Crippen LogP) is 3.65. The van der Waals surface area contributed by atoms with Crippen LogP contribution in [0.25, 0.3) is 0 Å². The van der Waals surface area contributed by atoms with Crippen molar-refractivity contribution >= 4 is 29.3 Å². The van der Waals surface area contributed by atoms with Crippen molar-refractivity contribution in [3.05, 3.63) is 5.28 Å². The second-order valence-corrected chi connectivity index (χ2v) is 5.72. The van der Waals surface area contributed by atoms with E-state index in [9.17, 15) is 0 Å². The zero-order valence-electron chi connectivity index (χ0n) is 12.2. The van der Waals surface area contributed by atoms with Crippen molar-refractivity contribution in [1.29, 1.82) is 0 Å². The van der Waals surface area contributed by atoms with Gasteiger partial charge in [-0.2, -0.15) is 26.7 Å². The SMILES string of the molecule is CCCOc1nc(Cl)nc(NCCCCCCSC)n1. The summed E-state index contributed by atoms with van der Waals surface area (Å²) in [5, 5.41) is 3.32. The van der Waals surface area contributed by atoms with Crippen LogP contribution in [0.4, 0.5) is 5.95 Å². The van der Waals surface area contributed by atoms with Gasteiger partial charge in [-0.3, -0.25) is 0 Å². The maximum absolute atomic E-state index is 5.84. The molecule has 1 aromatic rings. The molecule has 20 heavy (non-hydrogen) atoms. The number of unbranched alkanes of at least 4 members (excludes halogenated alkanes) is 3. The maximum atomic E-state index is 5.84. The summed E-state index contributed by atoms with van der Waals surface area (Å²) < 4.78 is 5.36. The first-order valence-corrected chi connectivity index (χ1v) is 8.80. The molecule has 7 heteroatoms. The van der Waals surface area contributed by atoms with Crippen LogP contribution in [-0.2, 0) is 0 Å². The summed E-state index contributed by atoms with van der Waals surface area (Å²) in [5.74, 6) is 1.73. The van der Waals surface area contributed by atoms with Crippen molar-refractivity contribution in [1.82, 2.24) is 15.0 Å². The molecule has 0 atom stereocenters. The first kappa shape index (κ1) is 17.3. The van der Waals surface area contributed by atoms with Gasteiger partial charge in [0.2, 0.25) is 11.2 Å². The molecule has 0 fully saturated rings. The Morgan fingerprint density at radius 1 is 1.15 bits per heavy atom. The molecule has 0 aliphatic heterocycles. The van der Waals surface area contributed by atoms with Crippen LogP contribution < -0.4 is 10.1 Å². The Balaban J connectivity index is 2.26. The molecule has 0 aliphatic rings. The number of rotatable bonds is 11. The minimum absolute atomic E-state index is 0.161. The second kappa shape index (κ2) is 11.0. The molecule has 0 amide bonds. The van der Waals surface area contributed by atoms with Crippen molar-refractivity contribution in [2.24, 2.45) is 0 Å². The molecule has 0 radical (unpaired) electrons. The number of hydrogen-bond donors (Lipinski definition) is 1. The number of anilines is 1. The Morgan fingerprint density at radius 2 is 1.95 bits per heavy atom. The fraction of sp³-hybridized carbons (Fsp3) is 0.769. The largest absolute Gasteiger partial charge is 0.463 e. The Bertz CT molecular complexity index is 381. The lowest BCUT2D eigenvalue weighted by molar-refractivity contribution is 0.291. The van der Waals surface area contributed by atoms with E-state index >= 15 is 0 Å². The van der Waals surface area contributed by atoms with E-state index in [1.165, 1.54) is 25.0 Å². The Kier molecular flexibility index (Phi) is 9.49. The topological polar surface area (TPSA) is 59.9 Å². The summed E-state index contributed by atoms with van der Waals surface area (Å²) in [6.07, 6.45) is 7.92. The van der Waals surface area contributed by atoms with Crippen LogP contribution in [0.15, 0.2) is 0 Å². The molecule has 114 valence electrons. The van der Waals surface area contributed by atoms with E-state index in [0.29, 0.717) is 12.6 Å². The van der Waals surface area contributed by atoms with Crippen molar-refractivity contribution < 1.29 is 4.74 Å². The highest BCUT2D eigenvalue weighted by atomic mass is 35.5. The van der Waals surface area contributed by atoms with Gasteiger partial charge in [0, 0.05) is 6.54 Å². The number of halogens is 1. The van der Waals surface area contributed by atoms with Crippen LogP contribution in [0.3, 0.4) is 0 Å². The van der Waals surface area contributed by atoms with Crippen LogP contribution in [-0.4, -0.2) is 40.1 Å². The zero-order chi connectivity index (χ0) is 14.6. The molecular formula is C13H23ClN4OS. The van der Waals surface area contributed by atoms with Crippen molar-refractivity contribution in [2.75, 3.05) is 30.5 Å². The Labute approximate surface area is 130 Å². The summed E-state index contributed by atoms with van der Waals surface area (Å²) in [4.78, 5) is 12.1. The van der Waals surface area contributed by atoms with Gasteiger partial charge in [-0.15, -0.1) is 0 Å². The van der Waals surface area contributed by atoms with Crippen LogP contribution in [0.1, 0.15) is 39.0 Å². The highest BCUT2D eigenvalue weighted by molar-refractivity contribution is 7.98. The molecular weight excluding hydrogens is 296 g/mol. The Morgan fingerprint density at radius 3 is 2.70 bits per heavy atom. The molecule has 0 unspecified atom stereocenters. The molecule has 0 bridgehead atoms. The quantitative estimate of drug-likeness (QED) is 0.628. The third-order valence-electron chi connectivity index (χ3n) is 2.58. The van der Waals surface area contributed by atoms with Crippen LogP contribution in [0.5, 0.6) is 6.01 Å². The molecule has 1 heterocycles. The summed E-state index contributed by atoms with van der Waals surface area (Å²) in [6, 6.07) is 0.286. The van der Waals surface area contributed by atoms with Gasteiger partial charge in [-0.05, 0) is 42.9 Å². The van der Waals surface area contributed by atoms with Gasteiger partial charge in [-0.1, -0.05) is 19.8 Å². The molecule has 0 aromatic carbocycles. The molecule has 0 saturated heterocycles. The summed E-state index contributed by atoms with van der Waals surface area (Å²) in [7, 11) is 0. The minimum Gasteiger partial charge on any atom is -0.463 e. The first-order valence-electron chi connectivity index (χ1n) is 7.03. The Hall–Kier alpha value is -0.750. The van der Waals surface area contributed by atoms with E-state index in [-0.39, 0.29) is 11.3 Å². The fourth-order valence-corrected chi connectivity index (χ4v) is 2.24. The van der Waals surface area contributed by atoms with Gasteiger partial charge in [0.25, 0.3) is 0 Å². The summed E-state index contributed by atoms with van der Waals surface area (Å²) >= 11 is 7.74. The minimum atomic E-state index is 0.161. The van der Waals surface area contributed by atoms with E-state index < -0.39 is 0 Å². The number of aromatic nitrogens is 3. The van der Waals surface area contributed by atoms with Crippen LogP contribution in [0, 0.1) is 0 Å². The van der Waals surface area contributed by atoms with Crippen molar-refractivity contribution in [3.63, 3.8) is 0 Å². The highest BCUT2D eigenvalue weighted by Gasteiger charge is 2.05. The van der Waals surface area contributed by atoms with Crippen molar-refractivity contribution in [2.45, 2.75) is 39.0 Å². The normalized spacial score (nSPS) is 10.6. The van der Waals surface area contributed by atoms with E-state index in [1.54, 1.807) is 0 Å². The maximum Gasteiger partial charge on any atom is 0.322 e.